The van der Waals surface area contributed by atoms with Gasteiger partial charge in [0.2, 0.25) is 5.91 Å². The second-order valence-corrected chi connectivity index (χ2v) is 6.64. The second-order valence-electron chi connectivity index (χ2n) is 6.64. The second kappa shape index (κ2) is 9.25. The normalized spacial score (nSPS) is 26.5. The lowest BCUT2D eigenvalue weighted by molar-refractivity contribution is -0.116. The van der Waals surface area contributed by atoms with E-state index in [0.717, 1.165) is 56.6 Å². The Kier molecular flexibility index (Phi) is 7.34. The van der Waals surface area contributed by atoms with E-state index in [1.807, 2.05) is 24.3 Å². The van der Waals surface area contributed by atoms with Gasteiger partial charge in [-0.25, -0.2) is 0 Å². The molecule has 0 bridgehead atoms. The highest BCUT2D eigenvalue weighted by atomic mass is 35.5. The molecule has 1 amide bonds. The largest absolute Gasteiger partial charge is 0.488 e. The predicted molar refractivity (Wildman–Crippen MR) is 96.8 cm³/mol. The van der Waals surface area contributed by atoms with Crippen LogP contribution in [0.5, 0.6) is 5.75 Å². The number of aliphatic hydroxyl groups is 1. The van der Waals surface area contributed by atoms with Crippen molar-refractivity contribution in [2.45, 2.75) is 50.7 Å². The molecule has 3 N–H and O–H groups in total. The average molecular weight is 355 g/mol. The van der Waals surface area contributed by atoms with E-state index in [9.17, 15) is 9.90 Å². The van der Waals surface area contributed by atoms with Gasteiger partial charge in [0.05, 0.1) is 6.10 Å². The zero-order valence-corrected chi connectivity index (χ0v) is 14.7. The van der Waals surface area contributed by atoms with Crippen molar-refractivity contribution in [1.82, 2.24) is 5.32 Å². The van der Waals surface area contributed by atoms with Crippen LogP contribution in [0.15, 0.2) is 24.3 Å². The third-order valence-corrected chi connectivity index (χ3v) is 4.73. The third kappa shape index (κ3) is 5.36. The van der Waals surface area contributed by atoms with Crippen LogP contribution in [0.2, 0.25) is 0 Å². The summed E-state index contributed by atoms with van der Waals surface area (Å²) in [5.41, 5.74) is 0.789. The molecule has 2 fully saturated rings. The van der Waals surface area contributed by atoms with Crippen molar-refractivity contribution in [3.05, 3.63) is 24.3 Å². The maximum atomic E-state index is 12.0. The van der Waals surface area contributed by atoms with E-state index in [4.69, 9.17) is 4.74 Å². The quantitative estimate of drug-likeness (QED) is 0.760. The lowest BCUT2D eigenvalue weighted by Crippen LogP contribution is -2.34. The molecule has 2 aliphatic rings. The Morgan fingerprint density at radius 3 is 2.62 bits per heavy atom. The lowest BCUT2D eigenvalue weighted by atomic mass is 9.95. The summed E-state index contributed by atoms with van der Waals surface area (Å²) in [6.45, 7) is 1.95. The number of anilines is 1. The molecule has 6 heteroatoms. The summed E-state index contributed by atoms with van der Waals surface area (Å²) in [6.07, 6.45) is 5.05. The Labute approximate surface area is 149 Å². The number of aliphatic hydroxyl groups excluding tert-OH is 1. The van der Waals surface area contributed by atoms with Crippen LogP contribution < -0.4 is 15.4 Å². The molecule has 1 aliphatic carbocycles. The van der Waals surface area contributed by atoms with Gasteiger partial charge in [-0.2, -0.15) is 0 Å². The monoisotopic (exact) mass is 354 g/mol. The first-order chi connectivity index (χ1) is 11.2. The van der Waals surface area contributed by atoms with E-state index in [2.05, 4.69) is 10.6 Å². The summed E-state index contributed by atoms with van der Waals surface area (Å²) >= 11 is 0. The maximum Gasteiger partial charge on any atom is 0.224 e. The van der Waals surface area contributed by atoms with Crippen LogP contribution in [0.4, 0.5) is 5.69 Å². The van der Waals surface area contributed by atoms with Gasteiger partial charge in [-0.05, 0) is 69.0 Å². The Balaban J connectivity index is 0.00000208. The van der Waals surface area contributed by atoms with Crippen molar-refractivity contribution < 1.29 is 14.6 Å². The average Bonchev–Trinajstić information content (AvgIpc) is 3.04. The number of hydrogen-bond acceptors (Lipinski definition) is 4. The molecular formula is C18H27ClN2O3. The predicted octanol–water partition coefficient (Wildman–Crippen LogP) is 2.73. The van der Waals surface area contributed by atoms with Crippen molar-refractivity contribution in [1.29, 1.82) is 0 Å². The molecule has 3 atom stereocenters. The van der Waals surface area contributed by atoms with Crippen LogP contribution in [0, 0.1) is 5.92 Å². The van der Waals surface area contributed by atoms with Crippen LogP contribution in [0.3, 0.4) is 0 Å². The Hall–Kier alpha value is -1.30. The summed E-state index contributed by atoms with van der Waals surface area (Å²) in [6, 6.07) is 7.42. The van der Waals surface area contributed by atoms with Gasteiger partial charge in [0, 0.05) is 12.1 Å². The fourth-order valence-corrected chi connectivity index (χ4v) is 3.37. The van der Waals surface area contributed by atoms with E-state index in [-0.39, 0.29) is 30.5 Å². The molecule has 0 aromatic heterocycles. The van der Waals surface area contributed by atoms with Crippen LogP contribution in [-0.4, -0.2) is 36.3 Å². The Morgan fingerprint density at radius 1 is 1.21 bits per heavy atom. The fourth-order valence-electron chi connectivity index (χ4n) is 3.37. The molecule has 134 valence electrons. The molecule has 1 saturated heterocycles. The molecule has 1 aromatic rings. The SMILES string of the molecule is Cl.O=C(CC1CCNC1)Nc1ccc(OC2CCCCC2O)cc1. The van der Waals surface area contributed by atoms with Gasteiger partial charge in [-0.15, -0.1) is 12.4 Å². The summed E-state index contributed by atoms with van der Waals surface area (Å²) in [4.78, 5) is 12.0. The molecule has 1 heterocycles. The van der Waals surface area contributed by atoms with Gasteiger partial charge in [-0.3, -0.25) is 4.79 Å². The van der Waals surface area contributed by atoms with Gasteiger partial charge in [0.1, 0.15) is 11.9 Å². The molecule has 3 unspecified atom stereocenters. The van der Waals surface area contributed by atoms with Crippen LogP contribution in [-0.2, 0) is 4.79 Å². The molecular weight excluding hydrogens is 328 g/mol. The van der Waals surface area contributed by atoms with Crippen LogP contribution >= 0.6 is 12.4 Å². The van der Waals surface area contributed by atoms with Gasteiger partial charge < -0.3 is 20.5 Å². The number of benzene rings is 1. The molecule has 5 nitrogen and oxygen atoms in total. The number of hydrogen-bond donors (Lipinski definition) is 3. The van der Waals surface area contributed by atoms with E-state index in [1.54, 1.807) is 0 Å². The van der Waals surface area contributed by atoms with Crippen LogP contribution in [0.25, 0.3) is 0 Å². The van der Waals surface area contributed by atoms with Gasteiger partial charge >= 0.3 is 0 Å². The van der Waals surface area contributed by atoms with Gasteiger partial charge in [0.15, 0.2) is 0 Å². The topological polar surface area (TPSA) is 70.6 Å². The third-order valence-electron chi connectivity index (χ3n) is 4.73. The number of carbonyl (C=O) groups excluding carboxylic acids is 1. The van der Waals surface area contributed by atoms with Gasteiger partial charge in [-0.1, -0.05) is 6.42 Å². The highest BCUT2D eigenvalue weighted by Gasteiger charge is 2.24. The summed E-state index contributed by atoms with van der Waals surface area (Å²) in [5.74, 6) is 1.26. The highest BCUT2D eigenvalue weighted by molar-refractivity contribution is 5.90. The summed E-state index contributed by atoms with van der Waals surface area (Å²) in [5, 5.41) is 16.2. The Morgan fingerprint density at radius 2 is 1.96 bits per heavy atom. The fraction of sp³-hybridized carbons (Fsp3) is 0.611. The van der Waals surface area contributed by atoms with E-state index < -0.39 is 0 Å². The molecule has 24 heavy (non-hydrogen) atoms. The van der Waals surface area contributed by atoms with Crippen molar-refractivity contribution >= 4 is 24.0 Å². The maximum absolute atomic E-state index is 12.0. The van der Waals surface area contributed by atoms with Gasteiger partial charge in [0.25, 0.3) is 0 Å². The molecule has 1 aromatic carbocycles. The van der Waals surface area contributed by atoms with Crippen molar-refractivity contribution in [3.8, 4) is 5.75 Å². The number of rotatable bonds is 5. The first-order valence-corrected chi connectivity index (χ1v) is 8.66. The summed E-state index contributed by atoms with van der Waals surface area (Å²) in [7, 11) is 0. The molecule has 1 saturated carbocycles. The smallest absolute Gasteiger partial charge is 0.224 e. The molecule has 1 aliphatic heterocycles. The number of carbonyl (C=O) groups is 1. The summed E-state index contributed by atoms with van der Waals surface area (Å²) < 4.78 is 5.86. The molecule has 3 rings (SSSR count). The number of ether oxygens (including phenoxy) is 1. The number of nitrogens with one attached hydrogen (secondary N) is 2. The van der Waals surface area contributed by atoms with E-state index >= 15 is 0 Å². The van der Waals surface area contributed by atoms with Crippen molar-refractivity contribution in [2.24, 2.45) is 5.92 Å². The molecule has 0 radical (unpaired) electrons. The van der Waals surface area contributed by atoms with Crippen molar-refractivity contribution in [2.75, 3.05) is 18.4 Å². The highest BCUT2D eigenvalue weighted by Crippen LogP contribution is 2.25. The minimum Gasteiger partial charge on any atom is -0.488 e. The van der Waals surface area contributed by atoms with Crippen molar-refractivity contribution in [3.63, 3.8) is 0 Å². The first-order valence-electron chi connectivity index (χ1n) is 8.66. The molecule has 0 spiro atoms. The van der Waals surface area contributed by atoms with Crippen LogP contribution in [0.1, 0.15) is 38.5 Å². The minimum absolute atomic E-state index is 0. The first kappa shape index (κ1) is 19.0. The van der Waals surface area contributed by atoms with E-state index in [0.29, 0.717) is 12.3 Å². The Bertz CT molecular complexity index is 518. The van der Waals surface area contributed by atoms with E-state index in [1.165, 1.54) is 0 Å². The number of halogens is 1. The minimum atomic E-state index is -0.372. The zero-order valence-electron chi connectivity index (χ0n) is 13.9. The lowest BCUT2D eigenvalue weighted by Gasteiger charge is -2.28. The number of amides is 1. The zero-order chi connectivity index (χ0) is 16.1. The standard InChI is InChI=1S/C18H26N2O3.ClH/c21-16-3-1-2-4-17(16)23-15-7-5-14(6-8-15)20-18(22)11-13-9-10-19-12-13;/h5-8,13,16-17,19,21H,1-4,9-12H2,(H,20,22);1H.